The average Bonchev–Trinajstić information content (AvgIpc) is 3.06. The molecule has 3 rings (SSSR count). The fourth-order valence-electron chi connectivity index (χ4n) is 2.21. The van der Waals surface area contributed by atoms with Gasteiger partial charge in [-0.2, -0.15) is 5.10 Å². The van der Waals surface area contributed by atoms with Crippen LogP contribution in [0.4, 0.5) is 0 Å². The number of phenolic OH excluding ortho intramolecular Hbond substituents is 1. The lowest BCUT2D eigenvalue weighted by Gasteiger charge is -2.03. The third-order valence-electron chi connectivity index (χ3n) is 3.45. The van der Waals surface area contributed by atoms with Crippen molar-refractivity contribution in [3.63, 3.8) is 0 Å². The largest absolute Gasteiger partial charge is 0.507 e. The number of hydrogen-bond donors (Lipinski definition) is 3. The summed E-state index contributed by atoms with van der Waals surface area (Å²) >= 11 is 0. The van der Waals surface area contributed by atoms with E-state index in [-0.39, 0.29) is 11.7 Å². The highest BCUT2D eigenvalue weighted by Gasteiger charge is 2.13. The van der Waals surface area contributed by atoms with Crippen LogP contribution in [0.3, 0.4) is 0 Å². The number of H-pyrrole nitrogens is 1. The van der Waals surface area contributed by atoms with Gasteiger partial charge in [-0.1, -0.05) is 11.6 Å². The molecule has 0 unspecified atom stereocenters. The van der Waals surface area contributed by atoms with Crippen LogP contribution < -0.4 is 5.32 Å². The molecule has 0 bridgehead atoms. The molecule has 6 heteroatoms. The number of nitrogens with one attached hydrogen (secondary N) is 2. The number of amides is 1. The summed E-state index contributed by atoms with van der Waals surface area (Å²) in [4.78, 5) is 16.1. The molecule has 1 amide bonds. The molecule has 0 atom stereocenters. The Kier molecular flexibility index (Phi) is 4.05. The number of aryl methyl sites for hydroxylation is 1. The quantitative estimate of drug-likeness (QED) is 0.690. The molecule has 2 heterocycles. The van der Waals surface area contributed by atoms with E-state index in [9.17, 15) is 9.90 Å². The lowest BCUT2D eigenvalue weighted by Crippen LogP contribution is -2.23. The van der Waals surface area contributed by atoms with Crippen LogP contribution in [-0.2, 0) is 6.54 Å². The summed E-state index contributed by atoms with van der Waals surface area (Å²) in [6.07, 6.45) is 3.35. The first-order chi connectivity index (χ1) is 11.1. The van der Waals surface area contributed by atoms with E-state index >= 15 is 0 Å². The summed E-state index contributed by atoms with van der Waals surface area (Å²) in [6, 6.07) is 10.5. The van der Waals surface area contributed by atoms with Crippen molar-refractivity contribution in [3.05, 3.63) is 65.6 Å². The van der Waals surface area contributed by atoms with E-state index in [1.165, 1.54) is 0 Å². The predicted molar refractivity (Wildman–Crippen MR) is 85.8 cm³/mol. The number of benzene rings is 1. The molecule has 3 N–H and O–H groups in total. The number of carbonyl (C=O) groups excluding carboxylic acids is 1. The number of pyridine rings is 1. The molecule has 0 fully saturated rings. The maximum atomic E-state index is 12.2. The van der Waals surface area contributed by atoms with Crippen molar-refractivity contribution in [2.24, 2.45) is 0 Å². The van der Waals surface area contributed by atoms with E-state index in [1.807, 2.05) is 31.2 Å². The summed E-state index contributed by atoms with van der Waals surface area (Å²) in [5, 5.41) is 19.5. The second-order valence-electron chi connectivity index (χ2n) is 5.23. The monoisotopic (exact) mass is 308 g/mol. The normalized spacial score (nSPS) is 10.5. The second-order valence-corrected chi connectivity index (χ2v) is 5.23. The number of aromatic amines is 1. The van der Waals surface area contributed by atoms with Gasteiger partial charge in [0.1, 0.15) is 11.4 Å². The van der Waals surface area contributed by atoms with Gasteiger partial charge in [0.2, 0.25) is 0 Å². The Hall–Kier alpha value is -3.15. The molecule has 0 radical (unpaired) electrons. The average molecular weight is 308 g/mol. The SMILES string of the molecule is Cc1ccc(O)c(-c2cc(C(=O)NCc3ccncc3)[nH]n2)c1. The minimum absolute atomic E-state index is 0.130. The zero-order valence-corrected chi connectivity index (χ0v) is 12.6. The molecule has 116 valence electrons. The van der Waals surface area contributed by atoms with Crippen LogP contribution in [0.1, 0.15) is 21.6 Å². The molecule has 23 heavy (non-hydrogen) atoms. The van der Waals surface area contributed by atoms with Crippen molar-refractivity contribution < 1.29 is 9.90 Å². The Labute approximate surface area is 133 Å². The molecule has 0 aliphatic heterocycles. The van der Waals surface area contributed by atoms with Crippen LogP contribution in [0.2, 0.25) is 0 Å². The number of phenols is 1. The van der Waals surface area contributed by atoms with Gasteiger partial charge in [-0.25, -0.2) is 0 Å². The third kappa shape index (κ3) is 3.37. The zero-order chi connectivity index (χ0) is 16.2. The molecule has 0 spiro atoms. The summed E-state index contributed by atoms with van der Waals surface area (Å²) in [5.74, 6) is -0.126. The van der Waals surface area contributed by atoms with Gasteiger partial charge in [0, 0.05) is 24.5 Å². The van der Waals surface area contributed by atoms with E-state index in [1.54, 1.807) is 24.5 Å². The van der Waals surface area contributed by atoms with Crippen molar-refractivity contribution in [3.8, 4) is 17.0 Å². The lowest BCUT2D eigenvalue weighted by atomic mass is 10.1. The van der Waals surface area contributed by atoms with Crippen molar-refractivity contribution in [1.29, 1.82) is 0 Å². The van der Waals surface area contributed by atoms with E-state index < -0.39 is 0 Å². The van der Waals surface area contributed by atoms with Gasteiger partial charge in [-0.3, -0.25) is 14.9 Å². The van der Waals surface area contributed by atoms with Crippen LogP contribution in [0.15, 0.2) is 48.8 Å². The molecular formula is C17H16N4O2. The third-order valence-corrected chi connectivity index (χ3v) is 3.45. The van der Waals surface area contributed by atoms with Crippen LogP contribution >= 0.6 is 0 Å². The van der Waals surface area contributed by atoms with Crippen LogP contribution in [0.5, 0.6) is 5.75 Å². The summed E-state index contributed by atoms with van der Waals surface area (Å²) in [6.45, 7) is 2.34. The lowest BCUT2D eigenvalue weighted by molar-refractivity contribution is 0.0946. The number of hydrogen-bond acceptors (Lipinski definition) is 4. The molecular weight excluding hydrogens is 292 g/mol. The van der Waals surface area contributed by atoms with E-state index in [0.29, 0.717) is 23.5 Å². The second kappa shape index (κ2) is 6.31. The number of aromatic hydroxyl groups is 1. The van der Waals surface area contributed by atoms with Gasteiger partial charge in [0.05, 0.1) is 5.69 Å². The highest BCUT2D eigenvalue weighted by Crippen LogP contribution is 2.28. The minimum atomic E-state index is -0.257. The summed E-state index contributed by atoms with van der Waals surface area (Å²) in [5.41, 5.74) is 3.43. The smallest absolute Gasteiger partial charge is 0.269 e. The maximum absolute atomic E-state index is 12.2. The Morgan fingerprint density at radius 2 is 2.00 bits per heavy atom. The molecule has 0 aliphatic carbocycles. The summed E-state index contributed by atoms with van der Waals surface area (Å²) < 4.78 is 0. The first kappa shape index (κ1) is 14.8. The zero-order valence-electron chi connectivity index (χ0n) is 12.6. The van der Waals surface area contributed by atoms with Gasteiger partial charge < -0.3 is 10.4 Å². The molecule has 2 aromatic heterocycles. The number of carbonyl (C=O) groups is 1. The fraction of sp³-hybridized carbons (Fsp3) is 0.118. The van der Waals surface area contributed by atoms with Crippen molar-refractivity contribution in [1.82, 2.24) is 20.5 Å². The Morgan fingerprint density at radius 3 is 2.78 bits per heavy atom. The van der Waals surface area contributed by atoms with Crippen LogP contribution in [0.25, 0.3) is 11.3 Å². The minimum Gasteiger partial charge on any atom is -0.507 e. The van der Waals surface area contributed by atoms with Crippen molar-refractivity contribution >= 4 is 5.91 Å². The Balaban J connectivity index is 1.74. The van der Waals surface area contributed by atoms with Gasteiger partial charge >= 0.3 is 0 Å². The summed E-state index contributed by atoms with van der Waals surface area (Å²) in [7, 11) is 0. The molecule has 1 aromatic carbocycles. The fourth-order valence-corrected chi connectivity index (χ4v) is 2.21. The van der Waals surface area contributed by atoms with Crippen molar-refractivity contribution in [2.45, 2.75) is 13.5 Å². The van der Waals surface area contributed by atoms with Gasteiger partial charge in [-0.15, -0.1) is 0 Å². The molecule has 3 aromatic rings. The van der Waals surface area contributed by atoms with Crippen molar-refractivity contribution in [2.75, 3.05) is 0 Å². The topological polar surface area (TPSA) is 90.9 Å². The maximum Gasteiger partial charge on any atom is 0.269 e. The molecule has 6 nitrogen and oxygen atoms in total. The van der Waals surface area contributed by atoms with Gasteiger partial charge in [0.25, 0.3) is 5.91 Å². The molecule has 0 saturated heterocycles. The first-order valence-corrected chi connectivity index (χ1v) is 7.16. The Bertz CT molecular complexity index is 828. The predicted octanol–water partition coefficient (Wildman–Crippen LogP) is 2.42. The van der Waals surface area contributed by atoms with E-state index in [0.717, 1.165) is 11.1 Å². The standard InChI is InChI=1S/C17H16N4O2/c1-11-2-3-16(22)13(8-11)14-9-15(21-20-14)17(23)19-10-12-4-6-18-7-5-12/h2-9,22H,10H2,1H3,(H,19,23)(H,20,21). The molecule has 0 saturated carbocycles. The van der Waals surface area contributed by atoms with Crippen LogP contribution in [-0.4, -0.2) is 26.2 Å². The van der Waals surface area contributed by atoms with Gasteiger partial charge in [0.15, 0.2) is 0 Å². The van der Waals surface area contributed by atoms with Gasteiger partial charge in [-0.05, 0) is 42.8 Å². The molecule has 0 aliphatic rings. The first-order valence-electron chi connectivity index (χ1n) is 7.16. The highest BCUT2D eigenvalue weighted by atomic mass is 16.3. The number of rotatable bonds is 4. The van der Waals surface area contributed by atoms with E-state index in [4.69, 9.17) is 0 Å². The highest BCUT2D eigenvalue weighted by molar-refractivity contribution is 5.93. The van der Waals surface area contributed by atoms with Crippen LogP contribution in [0, 0.1) is 6.92 Å². The Morgan fingerprint density at radius 1 is 1.22 bits per heavy atom. The number of aromatic nitrogens is 3. The van der Waals surface area contributed by atoms with E-state index in [2.05, 4.69) is 20.5 Å². The number of nitrogens with zero attached hydrogens (tertiary/aromatic N) is 2.